The van der Waals surface area contributed by atoms with Gasteiger partial charge in [0.05, 0.1) is 11.6 Å². The topological polar surface area (TPSA) is 88.4 Å². The number of ether oxygens (including phenoxy) is 2. The van der Waals surface area contributed by atoms with Crippen molar-refractivity contribution in [3.8, 4) is 11.8 Å². The fourth-order valence-electron chi connectivity index (χ4n) is 2.18. The zero-order valence-corrected chi connectivity index (χ0v) is 14.5. The molecular weight excluding hydrogens is 332 g/mol. The highest BCUT2D eigenvalue weighted by Gasteiger charge is 2.21. The van der Waals surface area contributed by atoms with Crippen molar-refractivity contribution in [3.63, 3.8) is 0 Å². The maximum absolute atomic E-state index is 12.2. The lowest BCUT2D eigenvalue weighted by molar-refractivity contribution is -0.158. The molecule has 134 valence electrons. The summed E-state index contributed by atoms with van der Waals surface area (Å²) in [5.74, 6) is -0.526. The van der Waals surface area contributed by atoms with Crippen molar-refractivity contribution >= 4 is 11.9 Å². The highest BCUT2D eigenvalue weighted by atomic mass is 16.6. The minimum absolute atomic E-state index is 0.311. The number of hydrogen-bond acceptors (Lipinski definition) is 5. The van der Waals surface area contributed by atoms with Crippen molar-refractivity contribution in [2.24, 2.45) is 0 Å². The number of nitrogens with one attached hydrogen (secondary N) is 1. The Balaban J connectivity index is 1.79. The molecule has 0 saturated heterocycles. The van der Waals surface area contributed by atoms with Crippen LogP contribution in [0.4, 0.5) is 0 Å². The standard InChI is InChI=1S/C20H20N2O4/c1-2-18(20(24)22-13-16-6-4-3-5-7-16)26-19(23)14-25-17-10-8-15(12-21)9-11-17/h3-11,18H,2,13-14H2,1H3,(H,22,24). The van der Waals surface area contributed by atoms with Gasteiger partial charge in [-0.3, -0.25) is 4.79 Å². The zero-order valence-electron chi connectivity index (χ0n) is 14.5. The summed E-state index contributed by atoms with van der Waals surface area (Å²) in [5.41, 5.74) is 1.47. The Kier molecular flexibility index (Phi) is 7.19. The molecule has 0 aliphatic carbocycles. The Bertz CT molecular complexity index is 767. The van der Waals surface area contributed by atoms with Crippen LogP contribution < -0.4 is 10.1 Å². The molecule has 1 N–H and O–H groups in total. The third kappa shape index (κ3) is 5.95. The Morgan fingerprint density at radius 2 is 1.81 bits per heavy atom. The summed E-state index contributed by atoms with van der Waals surface area (Å²) in [4.78, 5) is 24.1. The maximum Gasteiger partial charge on any atom is 0.344 e. The number of esters is 1. The lowest BCUT2D eigenvalue weighted by Crippen LogP contribution is -2.38. The van der Waals surface area contributed by atoms with Crippen molar-refractivity contribution in [2.45, 2.75) is 26.0 Å². The van der Waals surface area contributed by atoms with E-state index < -0.39 is 12.1 Å². The van der Waals surface area contributed by atoms with Crippen LogP contribution in [0.15, 0.2) is 54.6 Å². The van der Waals surface area contributed by atoms with Crippen LogP contribution in [0.25, 0.3) is 0 Å². The number of nitriles is 1. The second-order valence-electron chi connectivity index (χ2n) is 5.52. The molecule has 2 rings (SSSR count). The number of carbonyl (C=O) groups is 2. The van der Waals surface area contributed by atoms with Crippen LogP contribution in [0.2, 0.25) is 0 Å². The Morgan fingerprint density at radius 1 is 1.12 bits per heavy atom. The van der Waals surface area contributed by atoms with Gasteiger partial charge >= 0.3 is 5.97 Å². The Labute approximate surface area is 152 Å². The van der Waals surface area contributed by atoms with E-state index in [1.54, 1.807) is 31.2 Å². The van der Waals surface area contributed by atoms with Gasteiger partial charge < -0.3 is 14.8 Å². The second-order valence-corrected chi connectivity index (χ2v) is 5.52. The molecule has 0 aromatic heterocycles. The minimum atomic E-state index is -0.865. The van der Waals surface area contributed by atoms with Gasteiger partial charge in [-0.15, -0.1) is 0 Å². The number of benzene rings is 2. The fourth-order valence-corrected chi connectivity index (χ4v) is 2.18. The Morgan fingerprint density at radius 3 is 2.42 bits per heavy atom. The smallest absolute Gasteiger partial charge is 0.344 e. The van der Waals surface area contributed by atoms with Crippen LogP contribution in [0.1, 0.15) is 24.5 Å². The molecule has 1 amide bonds. The first-order valence-electron chi connectivity index (χ1n) is 8.26. The summed E-state index contributed by atoms with van der Waals surface area (Å²) in [6.45, 7) is 1.82. The molecule has 0 saturated carbocycles. The predicted molar refractivity (Wildman–Crippen MR) is 95.1 cm³/mol. The van der Waals surface area contributed by atoms with Crippen molar-refractivity contribution in [2.75, 3.05) is 6.61 Å². The summed E-state index contributed by atoms with van der Waals surface area (Å²) in [7, 11) is 0. The number of rotatable bonds is 8. The zero-order chi connectivity index (χ0) is 18.8. The molecule has 0 aliphatic heterocycles. The molecular formula is C20H20N2O4. The molecule has 2 aromatic rings. The van der Waals surface area contributed by atoms with Gasteiger partial charge in [-0.25, -0.2) is 4.79 Å². The normalized spacial score (nSPS) is 11.1. The van der Waals surface area contributed by atoms with Gasteiger partial charge in [0.2, 0.25) is 0 Å². The molecule has 0 heterocycles. The Hall–Kier alpha value is -3.33. The molecule has 1 unspecified atom stereocenters. The van der Waals surface area contributed by atoms with Gasteiger partial charge in [0.25, 0.3) is 5.91 Å². The number of carbonyl (C=O) groups excluding carboxylic acids is 2. The lowest BCUT2D eigenvalue weighted by atomic mass is 10.2. The molecule has 2 aromatic carbocycles. The molecule has 0 aliphatic rings. The van der Waals surface area contributed by atoms with Crippen LogP contribution in [-0.2, 0) is 20.9 Å². The second kappa shape index (κ2) is 9.84. The van der Waals surface area contributed by atoms with E-state index in [4.69, 9.17) is 14.7 Å². The van der Waals surface area contributed by atoms with E-state index in [0.29, 0.717) is 24.3 Å². The SMILES string of the molecule is CCC(OC(=O)COc1ccc(C#N)cc1)C(=O)NCc1ccccc1. The number of nitrogens with zero attached hydrogens (tertiary/aromatic N) is 1. The summed E-state index contributed by atoms with van der Waals surface area (Å²) < 4.78 is 10.5. The third-order valence-corrected chi connectivity index (χ3v) is 3.59. The summed E-state index contributed by atoms with van der Waals surface area (Å²) >= 11 is 0. The van der Waals surface area contributed by atoms with E-state index in [2.05, 4.69) is 5.32 Å². The molecule has 0 fully saturated rings. The van der Waals surface area contributed by atoms with Gasteiger partial charge in [-0.05, 0) is 36.2 Å². The summed E-state index contributed by atoms with van der Waals surface area (Å²) in [6, 6.07) is 17.8. The van der Waals surface area contributed by atoms with Gasteiger partial charge in [0, 0.05) is 6.54 Å². The molecule has 0 bridgehead atoms. The van der Waals surface area contributed by atoms with E-state index in [0.717, 1.165) is 5.56 Å². The molecule has 0 spiro atoms. The van der Waals surface area contributed by atoms with Crippen molar-refractivity contribution in [1.82, 2.24) is 5.32 Å². The van der Waals surface area contributed by atoms with Crippen LogP contribution >= 0.6 is 0 Å². The summed E-state index contributed by atoms with van der Waals surface area (Å²) in [5, 5.41) is 11.5. The third-order valence-electron chi connectivity index (χ3n) is 3.59. The first-order valence-corrected chi connectivity index (χ1v) is 8.26. The largest absolute Gasteiger partial charge is 0.482 e. The van der Waals surface area contributed by atoms with E-state index >= 15 is 0 Å². The predicted octanol–water partition coefficient (Wildman–Crippen LogP) is 2.58. The van der Waals surface area contributed by atoms with Crippen molar-refractivity contribution < 1.29 is 19.1 Å². The highest BCUT2D eigenvalue weighted by molar-refractivity contribution is 5.84. The highest BCUT2D eigenvalue weighted by Crippen LogP contribution is 2.11. The fraction of sp³-hybridized carbons (Fsp3) is 0.250. The molecule has 1 atom stereocenters. The van der Waals surface area contributed by atoms with Crippen molar-refractivity contribution in [1.29, 1.82) is 5.26 Å². The number of amides is 1. The first-order chi connectivity index (χ1) is 12.6. The van der Waals surface area contributed by atoms with E-state index in [1.807, 2.05) is 36.4 Å². The van der Waals surface area contributed by atoms with Crippen LogP contribution in [0.5, 0.6) is 5.75 Å². The minimum Gasteiger partial charge on any atom is -0.482 e. The molecule has 6 nitrogen and oxygen atoms in total. The van der Waals surface area contributed by atoms with Gasteiger partial charge in [-0.2, -0.15) is 5.26 Å². The van der Waals surface area contributed by atoms with E-state index in [1.165, 1.54) is 0 Å². The van der Waals surface area contributed by atoms with Crippen LogP contribution in [-0.4, -0.2) is 24.6 Å². The average molecular weight is 352 g/mol. The van der Waals surface area contributed by atoms with Crippen LogP contribution in [0.3, 0.4) is 0 Å². The van der Waals surface area contributed by atoms with Gasteiger partial charge in [0.1, 0.15) is 5.75 Å². The van der Waals surface area contributed by atoms with E-state index in [9.17, 15) is 9.59 Å². The van der Waals surface area contributed by atoms with Gasteiger partial charge in [0.15, 0.2) is 12.7 Å². The molecule has 0 radical (unpaired) electrons. The maximum atomic E-state index is 12.2. The lowest BCUT2D eigenvalue weighted by Gasteiger charge is -2.16. The molecule has 6 heteroatoms. The quantitative estimate of drug-likeness (QED) is 0.738. The molecule has 26 heavy (non-hydrogen) atoms. The first kappa shape index (κ1) is 19.0. The van der Waals surface area contributed by atoms with Gasteiger partial charge in [-0.1, -0.05) is 37.3 Å². The van der Waals surface area contributed by atoms with Crippen LogP contribution in [0, 0.1) is 11.3 Å². The van der Waals surface area contributed by atoms with E-state index in [-0.39, 0.29) is 12.5 Å². The summed E-state index contributed by atoms with van der Waals surface area (Å²) in [6.07, 6.45) is -0.501. The average Bonchev–Trinajstić information content (AvgIpc) is 2.69. The number of hydrogen-bond donors (Lipinski definition) is 1. The van der Waals surface area contributed by atoms with Crippen molar-refractivity contribution in [3.05, 3.63) is 65.7 Å². The monoisotopic (exact) mass is 352 g/mol.